The highest BCUT2D eigenvalue weighted by Crippen LogP contribution is 2.08. The van der Waals surface area contributed by atoms with E-state index in [0.29, 0.717) is 12.5 Å². The number of hydrogen-bond acceptors (Lipinski definition) is 1. The molecule has 1 aromatic carbocycles. The monoisotopic (exact) mass is 220 g/mol. The molecule has 2 N–H and O–H groups in total. The van der Waals surface area contributed by atoms with Crippen molar-refractivity contribution in [3.63, 3.8) is 0 Å². The van der Waals surface area contributed by atoms with E-state index in [1.807, 2.05) is 0 Å². The van der Waals surface area contributed by atoms with E-state index >= 15 is 0 Å². The smallest absolute Gasteiger partial charge is 0.103 e. The van der Waals surface area contributed by atoms with Crippen molar-refractivity contribution in [3.8, 4) is 0 Å². The molecule has 1 fully saturated rings. The fourth-order valence-electron chi connectivity index (χ4n) is 2.65. The van der Waals surface area contributed by atoms with Crippen LogP contribution < -0.4 is 4.90 Å². The molecule has 16 heavy (non-hydrogen) atoms. The Kier molecular flexibility index (Phi) is 3.97. The van der Waals surface area contributed by atoms with Gasteiger partial charge in [0.05, 0.1) is 19.7 Å². The first-order valence-electron chi connectivity index (χ1n) is 6.28. The Morgan fingerprint density at radius 1 is 1.38 bits per heavy atom. The number of aliphatic hydroxyl groups excluding tert-OH is 1. The fourth-order valence-corrected chi connectivity index (χ4v) is 2.65. The van der Waals surface area contributed by atoms with Crippen LogP contribution in [0.3, 0.4) is 0 Å². The van der Waals surface area contributed by atoms with Gasteiger partial charge in [-0.2, -0.15) is 0 Å². The van der Waals surface area contributed by atoms with Crippen molar-refractivity contribution < 1.29 is 10.0 Å². The zero-order chi connectivity index (χ0) is 11.4. The molecule has 1 aliphatic rings. The fraction of sp³-hybridized carbons (Fsp3) is 0.571. The van der Waals surface area contributed by atoms with E-state index in [2.05, 4.69) is 31.2 Å². The molecule has 2 heteroatoms. The Labute approximate surface area is 97.9 Å². The number of aliphatic hydroxyl groups is 1. The molecule has 2 nitrogen and oxygen atoms in total. The van der Waals surface area contributed by atoms with E-state index in [-0.39, 0.29) is 0 Å². The topological polar surface area (TPSA) is 24.7 Å². The Bertz CT molecular complexity index is 337. The van der Waals surface area contributed by atoms with E-state index in [4.69, 9.17) is 0 Å². The second kappa shape index (κ2) is 5.46. The molecule has 2 atom stereocenters. The minimum absolute atomic E-state index is 0.358. The van der Waals surface area contributed by atoms with Crippen molar-refractivity contribution in [3.05, 3.63) is 35.4 Å². The van der Waals surface area contributed by atoms with Gasteiger partial charge in [-0.1, -0.05) is 24.3 Å². The average molecular weight is 220 g/mol. The summed E-state index contributed by atoms with van der Waals surface area (Å²) < 4.78 is 0. The summed E-state index contributed by atoms with van der Waals surface area (Å²) in [4.78, 5) is 1.62. The summed E-state index contributed by atoms with van der Waals surface area (Å²) in [6.45, 7) is 6.04. The van der Waals surface area contributed by atoms with Crippen LogP contribution in [0.2, 0.25) is 0 Å². The third-order valence-corrected chi connectivity index (χ3v) is 3.68. The highest BCUT2D eigenvalue weighted by molar-refractivity contribution is 5.24. The standard InChI is InChI=1S/C14H21NO/c1-12-5-2-3-7-14(12)10-15-8-4-6-13(9-15)11-16/h2-3,5,7,13,16H,4,6,8-11H2,1H3/p+1/t13-/m0/s1. The molecule has 0 bridgehead atoms. The molecule has 0 spiro atoms. The van der Waals surface area contributed by atoms with Crippen LogP contribution in [0.4, 0.5) is 0 Å². The molecule has 88 valence electrons. The summed E-state index contributed by atoms with van der Waals surface area (Å²) in [5, 5.41) is 9.22. The van der Waals surface area contributed by atoms with Gasteiger partial charge in [0.25, 0.3) is 0 Å². The predicted molar refractivity (Wildman–Crippen MR) is 65.4 cm³/mol. The van der Waals surface area contributed by atoms with E-state index in [1.54, 1.807) is 4.90 Å². The highest BCUT2D eigenvalue weighted by Gasteiger charge is 2.22. The zero-order valence-corrected chi connectivity index (χ0v) is 10.1. The summed E-state index contributed by atoms with van der Waals surface area (Å²) in [5.74, 6) is 0.521. The highest BCUT2D eigenvalue weighted by atomic mass is 16.3. The molecule has 2 rings (SSSR count). The SMILES string of the molecule is Cc1ccccc1C[NH+]1CCC[C@H](CO)C1. The summed E-state index contributed by atoms with van der Waals surface area (Å²) in [7, 11) is 0. The second-order valence-electron chi connectivity index (χ2n) is 5.00. The van der Waals surface area contributed by atoms with Crippen molar-refractivity contribution in [2.45, 2.75) is 26.3 Å². The summed E-state index contributed by atoms with van der Waals surface area (Å²) in [6.07, 6.45) is 2.46. The first-order valence-corrected chi connectivity index (χ1v) is 6.28. The van der Waals surface area contributed by atoms with Gasteiger partial charge < -0.3 is 10.0 Å². The Morgan fingerprint density at radius 3 is 2.94 bits per heavy atom. The first-order chi connectivity index (χ1) is 7.79. The van der Waals surface area contributed by atoms with Crippen LogP contribution in [0.1, 0.15) is 24.0 Å². The van der Waals surface area contributed by atoms with Gasteiger partial charge in [-0.15, -0.1) is 0 Å². The molecule has 0 aromatic heterocycles. The van der Waals surface area contributed by atoms with Crippen LogP contribution in [0, 0.1) is 12.8 Å². The largest absolute Gasteiger partial charge is 0.396 e. The minimum atomic E-state index is 0.358. The number of rotatable bonds is 3. The number of likely N-dealkylation sites (tertiary alicyclic amines) is 1. The third kappa shape index (κ3) is 2.83. The molecule has 1 unspecified atom stereocenters. The number of quaternary nitrogens is 1. The van der Waals surface area contributed by atoms with Gasteiger partial charge in [0, 0.05) is 11.5 Å². The minimum Gasteiger partial charge on any atom is -0.396 e. The molecular weight excluding hydrogens is 198 g/mol. The predicted octanol–water partition coefficient (Wildman–Crippen LogP) is 0.782. The van der Waals surface area contributed by atoms with Gasteiger partial charge in [-0.3, -0.25) is 0 Å². The van der Waals surface area contributed by atoms with E-state index in [9.17, 15) is 5.11 Å². The number of benzene rings is 1. The van der Waals surface area contributed by atoms with E-state index in [1.165, 1.54) is 30.5 Å². The Morgan fingerprint density at radius 2 is 2.19 bits per heavy atom. The van der Waals surface area contributed by atoms with Crippen LogP contribution >= 0.6 is 0 Å². The Balaban J connectivity index is 1.97. The molecule has 1 heterocycles. The number of nitrogens with one attached hydrogen (secondary N) is 1. The molecule has 1 aromatic rings. The van der Waals surface area contributed by atoms with Crippen LogP contribution in [-0.4, -0.2) is 24.8 Å². The van der Waals surface area contributed by atoms with Crippen molar-refractivity contribution in [1.29, 1.82) is 0 Å². The number of hydrogen-bond donors (Lipinski definition) is 2. The van der Waals surface area contributed by atoms with Crippen LogP contribution in [0.25, 0.3) is 0 Å². The molecular formula is C14H22NO+. The lowest BCUT2D eigenvalue weighted by Gasteiger charge is -2.29. The molecule has 0 saturated carbocycles. The van der Waals surface area contributed by atoms with Crippen molar-refractivity contribution in [2.75, 3.05) is 19.7 Å². The number of aryl methyl sites for hydroxylation is 1. The van der Waals surface area contributed by atoms with Gasteiger partial charge in [-0.05, 0) is 25.3 Å². The van der Waals surface area contributed by atoms with Crippen LogP contribution in [-0.2, 0) is 6.54 Å². The van der Waals surface area contributed by atoms with Gasteiger partial charge >= 0.3 is 0 Å². The maximum Gasteiger partial charge on any atom is 0.103 e. The quantitative estimate of drug-likeness (QED) is 0.773. The van der Waals surface area contributed by atoms with E-state index < -0.39 is 0 Å². The van der Waals surface area contributed by atoms with Crippen molar-refractivity contribution in [1.82, 2.24) is 0 Å². The van der Waals surface area contributed by atoms with Crippen molar-refractivity contribution in [2.24, 2.45) is 5.92 Å². The lowest BCUT2D eigenvalue weighted by Crippen LogP contribution is -3.12. The van der Waals surface area contributed by atoms with Crippen LogP contribution in [0.15, 0.2) is 24.3 Å². The maximum absolute atomic E-state index is 9.22. The first kappa shape index (κ1) is 11.6. The second-order valence-corrected chi connectivity index (χ2v) is 5.00. The Hall–Kier alpha value is -0.860. The van der Waals surface area contributed by atoms with Gasteiger partial charge in [0.2, 0.25) is 0 Å². The third-order valence-electron chi connectivity index (χ3n) is 3.68. The molecule has 0 aliphatic carbocycles. The molecule has 1 saturated heterocycles. The number of piperidine rings is 1. The summed E-state index contributed by atoms with van der Waals surface area (Å²) in [6, 6.07) is 8.63. The lowest BCUT2D eigenvalue weighted by molar-refractivity contribution is -0.922. The zero-order valence-electron chi connectivity index (χ0n) is 10.1. The lowest BCUT2D eigenvalue weighted by atomic mass is 9.98. The average Bonchev–Trinajstić information content (AvgIpc) is 2.32. The van der Waals surface area contributed by atoms with Crippen molar-refractivity contribution >= 4 is 0 Å². The maximum atomic E-state index is 9.22. The molecule has 1 aliphatic heterocycles. The van der Waals surface area contributed by atoms with Gasteiger partial charge in [0.1, 0.15) is 6.54 Å². The van der Waals surface area contributed by atoms with E-state index in [0.717, 1.165) is 13.1 Å². The van der Waals surface area contributed by atoms with Gasteiger partial charge in [0.15, 0.2) is 0 Å². The summed E-state index contributed by atoms with van der Waals surface area (Å²) in [5.41, 5.74) is 2.84. The van der Waals surface area contributed by atoms with Crippen LogP contribution in [0.5, 0.6) is 0 Å². The molecule has 0 amide bonds. The normalized spacial score (nSPS) is 25.6. The summed E-state index contributed by atoms with van der Waals surface area (Å²) >= 11 is 0. The molecule has 0 radical (unpaired) electrons. The van der Waals surface area contributed by atoms with Gasteiger partial charge in [-0.25, -0.2) is 0 Å².